The van der Waals surface area contributed by atoms with Crippen molar-refractivity contribution in [2.75, 3.05) is 13.6 Å². The minimum atomic E-state index is -0.977. The average molecular weight is 316 g/mol. The number of aliphatic hydroxyl groups is 1. The molecule has 0 saturated heterocycles. The van der Waals surface area contributed by atoms with E-state index in [1.165, 1.54) is 5.56 Å². The van der Waals surface area contributed by atoms with Crippen LogP contribution in [0.1, 0.15) is 17.5 Å². The van der Waals surface area contributed by atoms with E-state index in [2.05, 4.69) is 15.9 Å². The Hall–Kier alpha value is -0.910. The number of aryl methyl sites for hydroxylation is 1. The first kappa shape index (κ1) is 15.1. The maximum absolute atomic E-state index is 10.5. The van der Waals surface area contributed by atoms with E-state index in [-0.39, 0.29) is 6.42 Å². The van der Waals surface area contributed by atoms with Crippen molar-refractivity contribution in [2.45, 2.75) is 26.0 Å². The lowest BCUT2D eigenvalue weighted by atomic mass is 10.1. The Kier molecular flexibility index (Phi) is 5.78. The van der Waals surface area contributed by atoms with Crippen LogP contribution < -0.4 is 0 Å². The predicted molar refractivity (Wildman–Crippen MR) is 73.5 cm³/mol. The summed E-state index contributed by atoms with van der Waals surface area (Å²) in [7, 11) is 1.87. The molecule has 0 heterocycles. The van der Waals surface area contributed by atoms with E-state index in [0.717, 1.165) is 10.0 Å². The molecule has 5 heteroatoms. The zero-order chi connectivity index (χ0) is 13.7. The molecule has 1 aromatic rings. The van der Waals surface area contributed by atoms with E-state index < -0.39 is 12.1 Å². The van der Waals surface area contributed by atoms with Gasteiger partial charge >= 0.3 is 5.97 Å². The minimum Gasteiger partial charge on any atom is -0.481 e. The van der Waals surface area contributed by atoms with Crippen molar-refractivity contribution in [3.8, 4) is 0 Å². The van der Waals surface area contributed by atoms with Gasteiger partial charge in [0.05, 0.1) is 12.5 Å². The van der Waals surface area contributed by atoms with Gasteiger partial charge in [-0.15, -0.1) is 0 Å². The summed E-state index contributed by atoms with van der Waals surface area (Å²) < 4.78 is 1.02. The number of carbonyl (C=O) groups is 1. The average Bonchev–Trinajstić information content (AvgIpc) is 2.21. The molecule has 0 aliphatic carbocycles. The molecule has 1 aromatic carbocycles. The van der Waals surface area contributed by atoms with Gasteiger partial charge in [-0.3, -0.25) is 9.69 Å². The Balaban J connectivity index is 2.56. The lowest BCUT2D eigenvalue weighted by molar-refractivity contribution is -0.139. The lowest BCUT2D eigenvalue weighted by Gasteiger charge is -2.20. The first-order chi connectivity index (χ1) is 8.38. The molecule has 0 saturated carbocycles. The Morgan fingerprint density at radius 2 is 2.17 bits per heavy atom. The van der Waals surface area contributed by atoms with E-state index in [0.29, 0.717) is 13.1 Å². The van der Waals surface area contributed by atoms with Crippen LogP contribution in [-0.2, 0) is 11.3 Å². The molecule has 1 atom stereocenters. The van der Waals surface area contributed by atoms with Gasteiger partial charge in [-0.05, 0) is 37.2 Å². The molecule has 0 bridgehead atoms. The molecule has 0 aromatic heterocycles. The van der Waals surface area contributed by atoms with Crippen LogP contribution in [0.2, 0.25) is 0 Å². The maximum atomic E-state index is 10.5. The molecule has 1 rings (SSSR count). The van der Waals surface area contributed by atoms with Crippen molar-refractivity contribution in [2.24, 2.45) is 0 Å². The van der Waals surface area contributed by atoms with E-state index in [4.69, 9.17) is 5.11 Å². The second-order valence-corrected chi connectivity index (χ2v) is 5.43. The van der Waals surface area contributed by atoms with Crippen LogP contribution >= 0.6 is 15.9 Å². The first-order valence-electron chi connectivity index (χ1n) is 5.72. The van der Waals surface area contributed by atoms with Crippen LogP contribution in [0.4, 0.5) is 0 Å². The molecular weight excluding hydrogens is 298 g/mol. The summed E-state index contributed by atoms with van der Waals surface area (Å²) >= 11 is 3.42. The number of carboxylic acid groups (broad SMARTS) is 1. The SMILES string of the molecule is Cc1ccc(Br)cc1CN(C)CC(O)CC(=O)O. The number of halogens is 1. The molecule has 18 heavy (non-hydrogen) atoms. The van der Waals surface area contributed by atoms with E-state index in [1.807, 2.05) is 37.1 Å². The zero-order valence-corrected chi connectivity index (χ0v) is 12.1. The number of likely N-dealkylation sites (N-methyl/N-ethyl adjacent to an activating group) is 1. The fourth-order valence-corrected chi connectivity index (χ4v) is 2.20. The highest BCUT2D eigenvalue weighted by atomic mass is 79.9. The van der Waals surface area contributed by atoms with Crippen LogP contribution in [-0.4, -0.2) is 40.8 Å². The third-order valence-corrected chi connectivity index (χ3v) is 3.18. The highest BCUT2D eigenvalue weighted by Gasteiger charge is 2.13. The van der Waals surface area contributed by atoms with Crippen LogP contribution in [0, 0.1) is 6.92 Å². The fourth-order valence-electron chi connectivity index (χ4n) is 1.79. The molecule has 2 N–H and O–H groups in total. The molecular formula is C13H18BrNO3. The molecule has 0 spiro atoms. The summed E-state index contributed by atoms with van der Waals surface area (Å²) in [5, 5.41) is 18.1. The Labute approximate surface area is 115 Å². The van der Waals surface area contributed by atoms with Gasteiger partial charge in [0.2, 0.25) is 0 Å². The Morgan fingerprint density at radius 3 is 2.78 bits per heavy atom. The number of aliphatic hydroxyl groups excluding tert-OH is 1. The number of nitrogens with zero attached hydrogens (tertiary/aromatic N) is 1. The molecule has 0 amide bonds. The standard InChI is InChI=1S/C13H18BrNO3/c1-9-3-4-11(14)5-10(9)7-15(2)8-12(16)6-13(17)18/h3-5,12,16H,6-8H2,1-2H3,(H,17,18). The van der Waals surface area contributed by atoms with Crippen molar-refractivity contribution >= 4 is 21.9 Å². The largest absolute Gasteiger partial charge is 0.481 e. The van der Waals surface area contributed by atoms with Crippen molar-refractivity contribution < 1.29 is 15.0 Å². The highest BCUT2D eigenvalue weighted by Crippen LogP contribution is 2.17. The summed E-state index contributed by atoms with van der Waals surface area (Å²) in [6, 6.07) is 6.05. The fraction of sp³-hybridized carbons (Fsp3) is 0.462. The molecule has 100 valence electrons. The van der Waals surface area contributed by atoms with E-state index in [9.17, 15) is 9.90 Å². The van der Waals surface area contributed by atoms with Gasteiger partial charge in [0.25, 0.3) is 0 Å². The van der Waals surface area contributed by atoms with Gasteiger partial charge in [-0.2, -0.15) is 0 Å². The molecule has 0 fully saturated rings. The van der Waals surface area contributed by atoms with Gasteiger partial charge in [0.1, 0.15) is 0 Å². The van der Waals surface area contributed by atoms with Gasteiger partial charge in [-0.25, -0.2) is 0 Å². The van der Waals surface area contributed by atoms with Crippen LogP contribution in [0.25, 0.3) is 0 Å². The van der Waals surface area contributed by atoms with Crippen LogP contribution in [0.5, 0.6) is 0 Å². The number of hydrogen-bond acceptors (Lipinski definition) is 3. The van der Waals surface area contributed by atoms with Crippen molar-refractivity contribution in [3.05, 3.63) is 33.8 Å². The van der Waals surface area contributed by atoms with Crippen LogP contribution in [0.15, 0.2) is 22.7 Å². The summed E-state index contributed by atoms with van der Waals surface area (Å²) in [6.07, 6.45) is -1.05. The first-order valence-corrected chi connectivity index (χ1v) is 6.51. The second kappa shape index (κ2) is 6.87. The van der Waals surface area contributed by atoms with Crippen molar-refractivity contribution in [1.29, 1.82) is 0 Å². The zero-order valence-electron chi connectivity index (χ0n) is 10.6. The summed E-state index contributed by atoms with van der Waals surface area (Å²) in [5.41, 5.74) is 2.34. The normalized spacial score (nSPS) is 12.7. The molecule has 0 aliphatic heterocycles. The third kappa shape index (κ3) is 5.16. The van der Waals surface area contributed by atoms with Gasteiger partial charge in [-0.1, -0.05) is 22.0 Å². The number of hydrogen-bond donors (Lipinski definition) is 2. The smallest absolute Gasteiger partial charge is 0.306 e. The molecule has 0 radical (unpaired) electrons. The predicted octanol–water partition coefficient (Wildman–Crippen LogP) is 2.02. The van der Waals surface area contributed by atoms with Gasteiger partial charge in [0, 0.05) is 17.6 Å². The van der Waals surface area contributed by atoms with Crippen LogP contribution in [0.3, 0.4) is 0 Å². The van der Waals surface area contributed by atoms with E-state index >= 15 is 0 Å². The second-order valence-electron chi connectivity index (χ2n) is 4.52. The topological polar surface area (TPSA) is 60.8 Å². The summed E-state index contributed by atoms with van der Waals surface area (Å²) in [5.74, 6) is -0.977. The maximum Gasteiger partial charge on any atom is 0.306 e. The Bertz CT molecular complexity index is 423. The number of aliphatic carboxylic acids is 1. The monoisotopic (exact) mass is 315 g/mol. The summed E-state index contributed by atoms with van der Waals surface area (Å²) in [4.78, 5) is 12.4. The minimum absolute atomic E-state index is 0.220. The number of rotatable bonds is 6. The number of carboxylic acids is 1. The molecule has 1 unspecified atom stereocenters. The Morgan fingerprint density at radius 1 is 1.50 bits per heavy atom. The number of benzene rings is 1. The van der Waals surface area contributed by atoms with Gasteiger partial charge in [0.15, 0.2) is 0 Å². The quantitative estimate of drug-likeness (QED) is 0.843. The van der Waals surface area contributed by atoms with Crippen molar-refractivity contribution in [3.63, 3.8) is 0 Å². The third-order valence-electron chi connectivity index (χ3n) is 2.68. The van der Waals surface area contributed by atoms with E-state index in [1.54, 1.807) is 0 Å². The molecule has 0 aliphatic rings. The van der Waals surface area contributed by atoms with Gasteiger partial charge < -0.3 is 10.2 Å². The lowest BCUT2D eigenvalue weighted by Crippen LogP contribution is -2.30. The highest BCUT2D eigenvalue weighted by molar-refractivity contribution is 9.10. The van der Waals surface area contributed by atoms with Crippen molar-refractivity contribution in [1.82, 2.24) is 4.90 Å². The summed E-state index contributed by atoms with van der Waals surface area (Å²) in [6.45, 7) is 3.06. The molecule has 4 nitrogen and oxygen atoms in total.